The van der Waals surface area contributed by atoms with E-state index in [1.54, 1.807) is 0 Å². The Bertz CT molecular complexity index is 1010. The van der Waals surface area contributed by atoms with Gasteiger partial charge in [-0.25, -0.2) is 26.3 Å². The van der Waals surface area contributed by atoms with Gasteiger partial charge in [0, 0.05) is 20.2 Å². The topological polar surface area (TPSA) is 92.8 Å². The number of anilines is 1. The number of carbonyl (C=O) groups excluding carboxylic acids is 2. The van der Waals surface area contributed by atoms with E-state index in [0.29, 0.717) is 6.07 Å². The number of hydrogen-bond donors (Lipinski definition) is 1. The van der Waals surface area contributed by atoms with Crippen LogP contribution in [0.1, 0.15) is 17.3 Å². The summed E-state index contributed by atoms with van der Waals surface area (Å²) in [6.07, 6.45) is -1.31. The van der Waals surface area contributed by atoms with Crippen molar-refractivity contribution in [3.05, 3.63) is 59.7 Å². The molecular formula is C18H18F2N2O5S. The molecule has 0 heterocycles. The summed E-state index contributed by atoms with van der Waals surface area (Å²) in [6.45, 7) is 1.26. The highest BCUT2D eigenvalue weighted by Crippen LogP contribution is 2.17. The first-order valence-corrected chi connectivity index (χ1v) is 9.46. The highest BCUT2D eigenvalue weighted by molar-refractivity contribution is 7.89. The fourth-order valence-corrected chi connectivity index (χ4v) is 3.05. The summed E-state index contributed by atoms with van der Waals surface area (Å²) < 4.78 is 56.8. The fourth-order valence-electron chi connectivity index (χ4n) is 2.10. The van der Waals surface area contributed by atoms with E-state index in [9.17, 15) is 26.8 Å². The molecule has 0 saturated heterocycles. The minimum absolute atomic E-state index is 0.0736. The number of sulfonamides is 1. The molecule has 0 saturated carbocycles. The van der Waals surface area contributed by atoms with Crippen molar-refractivity contribution in [2.45, 2.75) is 17.9 Å². The Morgan fingerprint density at radius 1 is 1.11 bits per heavy atom. The van der Waals surface area contributed by atoms with E-state index in [4.69, 9.17) is 4.74 Å². The summed E-state index contributed by atoms with van der Waals surface area (Å²) in [7, 11) is -1.06. The van der Waals surface area contributed by atoms with Crippen LogP contribution in [0.15, 0.2) is 47.4 Å². The highest BCUT2D eigenvalue weighted by Gasteiger charge is 2.23. The lowest BCUT2D eigenvalue weighted by Crippen LogP contribution is -2.30. The maximum Gasteiger partial charge on any atom is 0.338 e. The van der Waals surface area contributed by atoms with Crippen LogP contribution < -0.4 is 5.32 Å². The summed E-state index contributed by atoms with van der Waals surface area (Å²) >= 11 is 0. The van der Waals surface area contributed by atoms with Crippen molar-refractivity contribution in [1.82, 2.24) is 4.31 Å². The van der Waals surface area contributed by atoms with Gasteiger partial charge < -0.3 is 10.1 Å². The van der Waals surface area contributed by atoms with Crippen LogP contribution in [0, 0.1) is 11.6 Å². The van der Waals surface area contributed by atoms with Crippen LogP contribution in [0.3, 0.4) is 0 Å². The van der Waals surface area contributed by atoms with Gasteiger partial charge >= 0.3 is 5.97 Å². The van der Waals surface area contributed by atoms with Crippen molar-refractivity contribution in [3.63, 3.8) is 0 Å². The van der Waals surface area contributed by atoms with Crippen molar-refractivity contribution < 1.29 is 31.5 Å². The molecule has 0 fully saturated rings. The smallest absolute Gasteiger partial charge is 0.338 e. The van der Waals surface area contributed by atoms with Crippen LogP contribution in [-0.2, 0) is 19.6 Å². The van der Waals surface area contributed by atoms with E-state index in [1.807, 2.05) is 0 Å². The molecule has 0 radical (unpaired) electrons. The summed E-state index contributed by atoms with van der Waals surface area (Å²) in [6, 6.07) is 7.75. The lowest BCUT2D eigenvalue weighted by molar-refractivity contribution is -0.123. The molecule has 0 aliphatic rings. The van der Waals surface area contributed by atoms with Gasteiger partial charge in [-0.2, -0.15) is 0 Å². The maximum atomic E-state index is 13.6. The Labute approximate surface area is 161 Å². The molecule has 0 aliphatic carbocycles. The largest absolute Gasteiger partial charge is 0.449 e. The lowest BCUT2D eigenvalue weighted by atomic mass is 10.2. The van der Waals surface area contributed by atoms with E-state index >= 15 is 0 Å². The van der Waals surface area contributed by atoms with Gasteiger partial charge in [-0.15, -0.1) is 0 Å². The minimum Gasteiger partial charge on any atom is -0.449 e. The van der Waals surface area contributed by atoms with E-state index in [2.05, 4.69) is 5.32 Å². The molecule has 0 aliphatic heterocycles. The number of benzene rings is 2. The Morgan fingerprint density at radius 2 is 1.79 bits per heavy atom. The molecule has 0 aromatic heterocycles. The van der Waals surface area contributed by atoms with Gasteiger partial charge in [0.1, 0.15) is 11.6 Å². The van der Waals surface area contributed by atoms with E-state index in [-0.39, 0.29) is 16.1 Å². The second-order valence-electron chi connectivity index (χ2n) is 5.98. The fraction of sp³-hybridized carbons (Fsp3) is 0.222. The van der Waals surface area contributed by atoms with Crippen molar-refractivity contribution in [2.24, 2.45) is 0 Å². The normalized spacial score (nSPS) is 12.5. The van der Waals surface area contributed by atoms with Gasteiger partial charge in [-0.3, -0.25) is 4.79 Å². The van der Waals surface area contributed by atoms with Gasteiger partial charge in [0.2, 0.25) is 10.0 Å². The molecule has 1 amide bonds. The van der Waals surface area contributed by atoms with Gasteiger partial charge in [0.25, 0.3) is 5.91 Å². The molecule has 1 N–H and O–H groups in total. The molecule has 1 atom stereocenters. The number of ether oxygens (including phenoxy) is 1. The SMILES string of the molecule is CC(OC(=O)c1cccc(S(=O)(=O)N(C)C)c1)C(=O)Nc1ccc(F)cc1F. The highest BCUT2D eigenvalue weighted by atomic mass is 32.2. The molecule has 2 rings (SSSR count). The molecule has 10 heteroatoms. The first-order valence-electron chi connectivity index (χ1n) is 8.02. The minimum atomic E-state index is -3.75. The van der Waals surface area contributed by atoms with Crippen molar-refractivity contribution in [3.8, 4) is 0 Å². The number of halogens is 2. The zero-order valence-electron chi connectivity index (χ0n) is 15.3. The maximum absolute atomic E-state index is 13.6. The first-order chi connectivity index (χ1) is 13.0. The number of esters is 1. The third-order valence-electron chi connectivity index (χ3n) is 3.69. The van der Waals surface area contributed by atoms with E-state index < -0.39 is 39.6 Å². The van der Waals surface area contributed by atoms with Crippen LogP contribution in [0.2, 0.25) is 0 Å². The summed E-state index contributed by atoms with van der Waals surface area (Å²) in [4.78, 5) is 24.2. The molecule has 28 heavy (non-hydrogen) atoms. The van der Waals surface area contributed by atoms with Crippen molar-refractivity contribution in [1.29, 1.82) is 0 Å². The van der Waals surface area contributed by atoms with Gasteiger partial charge in [0.15, 0.2) is 6.10 Å². The van der Waals surface area contributed by atoms with Crippen molar-refractivity contribution in [2.75, 3.05) is 19.4 Å². The third-order valence-corrected chi connectivity index (χ3v) is 5.50. The predicted octanol–water partition coefficient (Wildman–Crippen LogP) is 2.40. The number of hydrogen-bond acceptors (Lipinski definition) is 5. The zero-order chi connectivity index (χ0) is 21.1. The lowest BCUT2D eigenvalue weighted by Gasteiger charge is -2.15. The second-order valence-corrected chi connectivity index (χ2v) is 8.13. The number of rotatable bonds is 6. The average molecular weight is 412 g/mol. The number of carbonyl (C=O) groups is 2. The quantitative estimate of drug-likeness (QED) is 0.736. The predicted molar refractivity (Wildman–Crippen MR) is 97.2 cm³/mol. The van der Waals surface area contributed by atoms with Crippen LogP contribution in [0.4, 0.5) is 14.5 Å². The van der Waals surface area contributed by atoms with E-state index in [0.717, 1.165) is 22.5 Å². The molecule has 0 spiro atoms. The monoisotopic (exact) mass is 412 g/mol. The molecule has 0 bridgehead atoms. The number of nitrogens with one attached hydrogen (secondary N) is 1. The van der Waals surface area contributed by atoms with Crippen molar-refractivity contribution >= 4 is 27.6 Å². The van der Waals surface area contributed by atoms with Crippen LogP contribution >= 0.6 is 0 Å². The summed E-state index contributed by atoms with van der Waals surface area (Å²) in [5.41, 5.74) is -0.344. The second kappa shape index (κ2) is 8.44. The zero-order valence-corrected chi connectivity index (χ0v) is 16.1. The molecule has 2 aromatic carbocycles. The molecule has 150 valence electrons. The summed E-state index contributed by atoms with van der Waals surface area (Å²) in [5, 5.41) is 2.18. The first kappa shape index (κ1) is 21.5. The molecule has 1 unspecified atom stereocenters. The average Bonchev–Trinajstić information content (AvgIpc) is 2.63. The van der Waals surface area contributed by atoms with Crippen LogP contribution in [0.25, 0.3) is 0 Å². The third kappa shape index (κ3) is 4.90. The van der Waals surface area contributed by atoms with Crippen LogP contribution in [-0.4, -0.2) is 44.8 Å². The molecular weight excluding hydrogens is 394 g/mol. The molecule has 7 nitrogen and oxygen atoms in total. The Hall–Kier alpha value is -2.85. The van der Waals surface area contributed by atoms with Gasteiger partial charge in [-0.05, 0) is 37.3 Å². The Morgan fingerprint density at radius 3 is 2.39 bits per heavy atom. The van der Waals surface area contributed by atoms with Gasteiger partial charge in [0.05, 0.1) is 16.1 Å². The standard InChI is InChI=1S/C18H18F2N2O5S/c1-11(17(23)21-16-8-7-13(19)10-15(16)20)27-18(24)12-5-4-6-14(9-12)28(25,26)22(2)3/h4-11H,1-3H3,(H,21,23). The van der Waals surface area contributed by atoms with Crippen LogP contribution in [0.5, 0.6) is 0 Å². The summed E-state index contributed by atoms with van der Waals surface area (Å²) in [5.74, 6) is -3.55. The Balaban J connectivity index is 2.11. The molecule has 2 aromatic rings. The van der Waals surface area contributed by atoms with Gasteiger partial charge in [-0.1, -0.05) is 6.07 Å². The number of amides is 1. The number of nitrogens with zero attached hydrogens (tertiary/aromatic N) is 1. The Kier molecular flexibility index (Phi) is 6.47. The van der Waals surface area contributed by atoms with E-state index in [1.165, 1.54) is 39.2 Å².